The number of nitrogens with zero attached hydrogens (tertiary/aromatic N) is 1. The van der Waals surface area contributed by atoms with E-state index in [0.29, 0.717) is 0 Å². The molecule has 0 spiro atoms. The maximum Gasteiger partial charge on any atom is 0.134 e. The standard InChI is InChI=1S/C21H21NO2S/c1-16-7-8-18(14-21(16)25-22-9-11-23-12-10-22)19-13-20(24-15-19)17-5-3-2-4-6-17/h2-8,13-15H,9-12H2,1H3. The summed E-state index contributed by atoms with van der Waals surface area (Å²) in [6, 6.07) is 18.9. The van der Waals surface area contributed by atoms with Crippen molar-refractivity contribution in [2.24, 2.45) is 0 Å². The Bertz CT molecular complexity index is 838. The van der Waals surface area contributed by atoms with Gasteiger partial charge in [-0.05, 0) is 42.1 Å². The summed E-state index contributed by atoms with van der Waals surface area (Å²) in [6.45, 7) is 5.73. The molecule has 1 fully saturated rings. The van der Waals surface area contributed by atoms with Gasteiger partial charge in [-0.3, -0.25) is 0 Å². The molecule has 1 saturated heterocycles. The predicted octanol–water partition coefficient (Wildman–Crippen LogP) is 5.26. The SMILES string of the molecule is Cc1ccc(-c2coc(-c3ccccc3)c2)cc1SN1CCOCC1. The van der Waals surface area contributed by atoms with Crippen molar-refractivity contribution in [2.45, 2.75) is 11.8 Å². The van der Waals surface area contributed by atoms with Crippen LogP contribution >= 0.6 is 11.9 Å². The first-order valence-corrected chi connectivity index (χ1v) is 9.32. The molecule has 3 nitrogen and oxygen atoms in total. The summed E-state index contributed by atoms with van der Waals surface area (Å²) in [6.07, 6.45) is 1.84. The normalized spacial score (nSPS) is 15.4. The Hall–Kier alpha value is -2.01. The summed E-state index contributed by atoms with van der Waals surface area (Å²) in [5, 5.41) is 0. The van der Waals surface area contributed by atoms with Crippen molar-refractivity contribution < 1.29 is 9.15 Å². The number of ether oxygens (including phenoxy) is 1. The van der Waals surface area contributed by atoms with Crippen LogP contribution in [0, 0.1) is 6.92 Å². The second kappa shape index (κ2) is 7.48. The second-order valence-electron chi connectivity index (χ2n) is 6.18. The number of rotatable bonds is 4. The van der Waals surface area contributed by atoms with Gasteiger partial charge in [0.15, 0.2) is 0 Å². The molecule has 25 heavy (non-hydrogen) atoms. The van der Waals surface area contributed by atoms with Gasteiger partial charge in [0.25, 0.3) is 0 Å². The van der Waals surface area contributed by atoms with Crippen LogP contribution < -0.4 is 0 Å². The number of hydrogen-bond donors (Lipinski definition) is 0. The molecule has 4 heteroatoms. The average molecular weight is 351 g/mol. The lowest BCUT2D eigenvalue weighted by atomic mass is 10.1. The van der Waals surface area contributed by atoms with Crippen molar-refractivity contribution in [2.75, 3.05) is 26.3 Å². The van der Waals surface area contributed by atoms with E-state index in [0.717, 1.165) is 43.2 Å². The van der Waals surface area contributed by atoms with Crippen molar-refractivity contribution >= 4 is 11.9 Å². The van der Waals surface area contributed by atoms with Gasteiger partial charge in [0, 0.05) is 29.1 Å². The molecule has 0 saturated carbocycles. The minimum Gasteiger partial charge on any atom is -0.464 e. The van der Waals surface area contributed by atoms with Crippen LogP contribution in [0.25, 0.3) is 22.5 Å². The van der Waals surface area contributed by atoms with Gasteiger partial charge in [-0.15, -0.1) is 0 Å². The van der Waals surface area contributed by atoms with Gasteiger partial charge in [0.1, 0.15) is 5.76 Å². The highest BCUT2D eigenvalue weighted by atomic mass is 32.2. The first kappa shape index (κ1) is 16.5. The molecule has 0 bridgehead atoms. The second-order valence-corrected chi connectivity index (χ2v) is 7.32. The Labute approximate surface area is 152 Å². The van der Waals surface area contributed by atoms with E-state index in [1.54, 1.807) is 0 Å². The van der Waals surface area contributed by atoms with E-state index in [1.165, 1.54) is 16.0 Å². The zero-order chi connectivity index (χ0) is 17.1. The topological polar surface area (TPSA) is 25.6 Å². The fourth-order valence-corrected chi connectivity index (χ4v) is 3.90. The smallest absolute Gasteiger partial charge is 0.134 e. The molecule has 1 aliphatic heterocycles. The lowest BCUT2D eigenvalue weighted by Crippen LogP contribution is -2.30. The molecule has 0 amide bonds. The first-order chi connectivity index (χ1) is 12.3. The molecule has 3 aromatic rings. The number of benzene rings is 2. The fraction of sp³-hybridized carbons (Fsp3) is 0.238. The Morgan fingerprint density at radius 1 is 0.880 bits per heavy atom. The van der Waals surface area contributed by atoms with Gasteiger partial charge < -0.3 is 9.15 Å². The lowest BCUT2D eigenvalue weighted by molar-refractivity contribution is 0.0773. The number of furan rings is 1. The van der Waals surface area contributed by atoms with Crippen molar-refractivity contribution in [3.05, 3.63) is 66.4 Å². The van der Waals surface area contributed by atoms with Gasteiger partial charge in [0.05, 0.1) is 19.5 Å². The monoisotopic (exact) mass is 351 g/mol. The highest BCUT2D eigenvalue weighted by Gasteiger charge is 2.14. The van der Waals surface area contributed by atoms with Crippen molar-refractivity contribution in [1.82, 2.24) is 4.31 Å². The molecule has 0 unspecified atom stereocenters. The van der Waals surface area contributed by atoms with Crippen LogP contribution in [0.4, 0.5) is 0 Å². The van der Waals surface area contributed by atoms with Gasteiger partial charge >= 0.3 is 0 Å². The molecule has 0 atom stereocenters. The zero-order valence-electron chi connectivity index (χ0n) is 14.3. The van der Waals surface area contributed by atoms with Crippen LogP contribution in [0.2, 0.25) is 0 Å². The van der Waals surface area contributed by atoms with E-state index < -0.39 is 0 Å². The Morgan fingerprint density at radius 3 is 2.48 bits per heavy atom. The van der Waals surface area contributed by atoms with E-state index in [-0.39, 0.29) is 0 Å². The van der Waals surface area contributed by atoms with Crippen LogP contribution in [-0.2, 0) is 4.74 Å². The predicted molar refractivity (Wildman–Crippen MR) is 103 cm³/mol. The van der Waals surface area contributed by atoms with Crippen molar-refractivity contribution in [1.29, 1.82) is 0 Å². The Balaban J connectivity index is 1.58. The minimum absolute atomic E-state index is 0.813. The fourth-order valence-electron chi connectivity index (χ4n) is 2.90. The lowest BCUT2D eigenvalue weighted by Gasteiger charge is -2.26. The van der Waals surface area contributed by atoms with E-state index >= 15 is 0 Å². The molecule has 0 radical (unpaired) electrons. The summed E-state index contributed by atoms with van der Waals surface area (Å²) >= 11 is 1.83. The molecule has 128 valence electrons. The molecule has 4 rings (SSSR count). The van der Waals surface area contributed by atoms with Crippen LogP contribution in [0.15, 0.2) is 70.2 Å². The maximum absolute atomic E-state index is 5.79. The van der Waals surface area contributed by atoms with Gasteiger partial charge in [-0.1, -0.05) is 42.5 Å². The summed E-state index contributed by atoms with van der Waals surface area (Å²) in [5.41, 5.74) is 4.70. The molecule has 1 aliphatic rings. The van der Waals surface area contributed by atoms with E-state index in [1.807, 2.05) is 36.4 Å². The molecule has 2 aromatic carbocycles. The van der Waals surface area contributed by atoms with Gasteiger partial charge in [0.2, 0.25) is 0 Å². The summed E-state index contributed by atoms with van der Waals surface area (Å²) in [7, 11) is 0. The molecule has 0 aliphatic carbocycles. The van der Waals surface area contributed by atoms with Crippen molar-refractivity contribution in [3.8, 4) is 22.5 Å². The molecule has 0 N–H and O–H groups in total. The highest BCUT2D eigenvalue weighted by molar-refractivity contribution is 7.97. The first-order valence-electron chi connectivity index (χ1n) is 8.55. The summed E-state index contributed by atoms with van der Waals surface area (Å²) in [4.78, 5) is 1.29. The van der Waals surface area contributed by atoms with Crippen LogP contribution in [0.5, 0.6) is 0 Å². The average Bonchev–Trinajstić information content (AvgIpc) is 3.15. The summed E-state index contributed by atoms with van der Waals surface area (Å²) in [5.74, 6) is 0.901. The molecular weight excluding hydrogens is 330 g/mol. The highest BCUT2D eigenvalue weighted by Crippen LogP contribution is 2.33. The number of morpholine rings is 1. The third-order valence-electron chi connectivity index (χ3n) is 4.38. The van der Waals surface area contributed by atoms with Gasteiger partial charge in [-0.25, -0.2) is 4.31 Å². The minimum atomic E-state index is 0.813. The zero-order valence-corrected chi connectivity index (χ0v) is 15.1. The van der Waals surface area contributed by atoms with Crippen LogP contribution in [0.3, 0.4) is 0 Å². The Morgan fingerprint density at radius 2 is 1.68 bits per heavy atom. The van der Waals surface area contributed by atoms with Crippen LogP contribution in [0.1, 0.15) is 5.56 Å². The molecular formula is C21H21NO2S. The van der Waals surface area contributed by atoms with Crippen molar-refractivity contribution in [3.63, 3.8) is 0 Å². The van der Waals surface area contributed by atoms with E-state index in [9.17, 15) is 0 Å². The Kier molecular flexibility index (Phi) is 4.92. The summed E-state index contributed by atoms with van der Waals surface area (Å²) < 4.78 is 13.6. The molecule has 2 heterocycles. The van der Waals surface area contributed by atoms with E-state index in [4.69, 9.17) is 9.15 Å². The molecule has 1 aromatic heterocycles. The van der Waals surface area contributed by atoms with Gasteiger partial charge in [-0.2, -0.15) is 0 Å². The van der Waals surface area contributed by atoms with E-state index in [2.05, 4.69) is 47.6 Å². The number of hydrogen-bond acceptors (Lipinski definition) is 4. The third-order valence-corrected chi connectivity index (χ3v) is 5.64. The third kappa shape index (κ3) is 3.82. The number of aryl methyl sites for hydroxylation is 1. The van der Waals surface area contributed by atoms with Crippen LogP contribution in [-0.4, -0.2) is 30.6 Å². The largest absolute Gasteiger partial charge is 0.464 e. The quantitative estimate of drug-likeness (QED) is 0.599. The maximum atomic E-state index is 5.79.